The lowest BCUT2D eigenvalue weighted by atomic mass is 9.80. The number of nitrogens with two attached hydrogens (primary N) is 1. The van der Waals surface area contributed by atoms with Crippen molar-refractivity contribution >= 4 is 11.6 Å². The van der Waals surface area contributed by atoms with E-state index in [9.17, 15) is 5.11 Å². The summed E-state index contributed by atoms with van der Waals surface area (Å²) < 4.78 is 0. The summed E-state index contributed by atoms with van der Waals surface area (Å²) in [7, 11) is 0. The fraction of sp³-hybridized carbons (Fsp3) is 0.391. The highest BCUT2D eigenvalue weighted by Gasteiger charge is 2.28. The van der Waals surface area contributed by atoms with Crippen LogP contribution in [0.25, 0.3) is 11.6 Å². The van der Waals surface area contributed by atoms with Gasteiger partial charge in [-0.25, -0.2) is 5.90 Å². The molecule has 3 heteroatoms. The molecule has 26 heavy (non-hydrogen) atoms. The van der Waals surface area contributed by atoms with Crippen molar-refractivity contribution in [1.29, 1.82) is 0 Å². The number of rotatable bonds is 6. The van der Waals surface area contributed by atoms with Crippen LogP contribution in [0.4, 0.5) is 0 Å². The van der Waals surface area contributed by atoms with Crippen molar-refractivity contribution in [3.05, 3.63) is 70.8 Å². The van der Waals surface area contributed by atoms with Gasteiger partial charge in [0.15, 0.2) is 0 Å². The minimum atomic E-state index is -0.114. The molecular formula is C23H29NO2. The SMILES string of the molecule is Cc1ccc(/C=C(\c2ccccc2)C(ON)C2CCCCC2)cc1CO. The largest absolute Gasteiger partial charge is 0.392 e. The van der Waals surface area contributed by atoms with Crippen LogP contribution in [0.1, 0.15) is 54.4 Å². The zero-order valence-electron chi connectivity index (χ0n) is 15.5. The Balaban J connectivity index is 2.02. The standard InChI is InChI=1S/C23H29NO2/c1-17-12-13-18(14-21(17)16-25)15-22(19-8-4-2-5-9-19)23(26-24)20-10-6-3-7-11-20/h2,4-5,8-9,12-15,20,23,25H,3,6-7,10-11,16,24H2,1H3/b22-15+. The predicted molar refractivity (Wildman–Crippen MR) is 107 cm³/mol. The van der Waals surface area contributed by atoms with Crippen LogP contribution in [-0.2, 0) is 11.4 Å². The second kappa shape index (κ2) is 9.13. The third-order valence-electron chi connectivity index (χ3n) is 5.50. The van der Waals surface area contributed by atoms with E-state index >= 15 is 0 Å². The first kappa shape index (κ1) is 18.8. The van der Waals surface area contributed by atoms with E-state index < -0.39 is 0 Å². The summed E-state index contributed by atoms with van der Waals surface area (Å²) in [6.45, 7) is 2.07. The van der Waals surface area contributed by atoms with Gasteiger partial charge in [0.05, 0.1) is 6.61 Å². The van der Waals surface area contributed by atoms with Crippen molar-refractivity contribution in [2.24, 2.45) is 11.8 Å². The van der Waals surface area contributed by atoms with E-state index in [-0.39, 0.29) is 12.7 Å². The molecule has 1 unspecified atom stereocenters. The summed E-state index contributed by atoms with van der Waals surface area (Å²) in [6.07, 6.45) is 8.15. The maximum atomic E-state index is 9.59. The van der Waals surface area contributed by atoms with Crippen molar-refractivity contribution in [2.45, 2.75) is 51.7 Å². The van der Waals surface area contributed by atoms with Crippen LogP contribution < -0.4 is 5.90 Å². The van der Waals surface area contributed by atoms with Crippen LogP contribution in [0.15, 0.2) is 48.5 Å². The normalized spacial score (nSPS) is 17.3. The van der Waals surface area contributed by atoms with Gasteiger partial charge in [0, 0.05) is 0 Å². The third-order valence-corrected chi connectivity index (χ3v) is 5.50. The molecule has 0 spiro atoms. The molecule has 0 radical (unpaired) electrons. The lowest BCUT2D eigenvalue weighted by Gasteiger charge is -2.30. The summed E-state index contributed by atoms with van der Waals surface area (Å²) in [6, 6.07) is 16.5. The molecule has 0 heterocycles. The van der Waals surface area contributed by atoms with Gasteiger partial charge in [-0.1, -0.05) is 61.7 Å². The smallest absolute Gasteiger partial charge is 0.107 e. The van der Waals surface area contributed by atoms with Crippen molar-refractivity contribution in [1.82, 2.24) is 0 Å². The first-order valence-corrected chi connectivity index (χ1v) is 9.56. The topological polar surface area (TPSA) is 55.5 Å². The Morgan fingerprint density at radius 3 is 2.54 bits per heavy atom. The van der Waals surface area contributed by atoms with E-state index in [1.165, 1.54) is 19.3 Å². The molecule has 0 bridgehead atoms. The number of hydrogen-bond acceptors (Lipinski definition) is 3. The molecule has 3 rings (SSSR count). The highest BCUT2D eigenvalue weighted by molar-refractivity contribution is 5.84. The van der Waals surface area contributed by atoms with E-state index in [2.05, 4.69) is 30.3 Å². The number of hydrogen-bond donors (Lipinski definition) is 2. The molecular weight excluding hydrogens is 322 g/mol. The van der Waals surface area contributed by atoms with Gasteiger partial charge in [-0.2, -0.15) is 0 Å². The lowest BCUT2D eigenvalue weighted by molar-refractivity contribution is 0.0386. The van der Waals surface area contributed by atoms with Gasteiger partial charge in [-0.3, -0.25) is 4.84 Å². The molecule has 2 aromatic carbocycles. The molecule has 1 aliphatic rings. The van der Waals surface area contributed by atoms with Gasteiger partial charge < -0.3 is 5.11 Å². The molecule has 1 aliphatic carbocycles. The fourth-order valence-corrected chi connectivity index (χ4v) is 3.97. The van der Waals surface area contributed by atoms with Gasteiger partial charge in [-0.05, 0) is 65.7 Å². The van der Waals surface area contributed by atoms with E-state index in [1.54, 1.807) is 0 Å². The van der Waals surface area contributed by atoms with Crippen LogP contribution in [-0.4, -0.2) is 11.2 Å². The Labute approximate surface area is 156 Å². The van der Waals surface area contributed by atoms with Crippen LogP contribution in [0.5, 0.6) is 0 Å². The molecule has 138 valence electrons. The van der Waals surface area contributed by atoms with E-state index in [0.29, 0.717) is 5.92 Å². The van der Waals surface area contributed by atoms with Gasteiger partial charge in [0.2, 0.25) is 0 Å². The van der Waals surface area contributed by atoms with Crippen LogP contribution in [0.3, 0.4) is 0 Å². The van der Waals surface area contributed by atoms with Crippen LogP contribution in [0, 0.1) is 12.8 Å². The molecule has 3 nitrogen and oxygen atoms in total. The number of benzene rings is 2. The third kappa shape index (κ3) is 4.42. The Morgan fingerprint density at radius 2 is 1.88 bits per heavy atom. The lowest BCUT2D eigenvalue weighted by Crippen LogP contribution is -2.30. The minimum Gasteiger partial charge on any atom is -0.392 e. The first-order valence-electron chi connectivity index (χ1n) is 9.56. The Morgan fingerprint density at radius 1 is 1.15 bits per heavy atom. The van der Waals surface area contributed by atoms with Crippen molar-refractivity contribution < 1.29 is 9.94 Å². The first-order chi connectivity index (χ1) is 12.7. The van der Waals surface area contributed by atoms with Crippen molar-refractivity contribution in [2.75, 3.05) is 0 Å². The Hall–Kier alpha value is -1.94. The van der Waals surface area contributed by atoms with Crippen molar-refractivity contribution in [3.63, 3.8) is 0 Å². The molecule has 1 atom stereocenters. The zero-order chi connectivity index (χ0) is 18.4. The summed E-state index contributed by atoms with van der Waals surface area (Å²) in [5, 5.41) is 9.59. The molecule has 0 saturated heterocycles. The Bertz CT molecular complexity index is 733. The second-order valence-corrected chi connectivity index (χ2v) is 7.26. The second-order valence-electron chi connectivity index (χ2n) is 7.26. The minimum absolute atomic E-state index is 0.0492. The number of aliphatic hydroxyl groups is 1. The molecule has 3 N–H and O–H groups in total. The highest BCUT2D eigenvalue weighted by atomic mass is 16.6. The van der Waals surface area contributed by atoms with Gasteiger partial charge in [0.1, 0.15) is 6.10 Å². The summed E-state index contributed by atoms with van der Waals surface area (Å²) in [5.41, 5.74) is 5.38. The van der Waals surface area contributed by atoms with Crippen molar-refractivity contribution in [3.8, 4) is 0 Å². The quantitative estimate of drug-likeness (QED) is 0.577. The molecule has 1 fully saturated rings. The molecule has 0 aliphatic heterocycles. The van der Waals surface area contributed by atoms with Gasteiger partial charge in [0.25, 0.3) is 0 Å². The summed E-state index contributed by atoms with van der Waals surface area (Å²) in [5.74, 6) is 6.24. The van der Waals surface area contributed by atoms with E-state index in [0.717, 1.165) is 40.7 Å². The fourth-order valence-electron chi connectivity index (χ4n) is 3.97. The average Bonchev–Trinajstić information content (AvgIpc) is 2.70. The van der Waals surface area contributed by atoms with Gasteiger partial charge >= 0.3 is 0 Å². The highest BCUT2D eigenvalue weighted by Crippen LogP contribution is 2.35. The monoisotopic (exact) mass is 351 g/mol. The number of aryl methyl sites for hydroxylation is 1. The Kier molecular flexibility index (Phi) is 6.62. The van der Waals surface area contributed by atoms with E-state index in [4.69, 9.17) is 10.7 Å². The molecule has 0 amide bonds. The summed E-state index contributed by atoms with van der Waals surface area (Å²) >= 11 is 0. The van der Waals surface area contributed by atoms with Gasteiger partial charge in [-0.15, -0.1) is 0 Å². The molecule has 0 aromatic heterocycles. The molecule has 2 aromatic rings. The maximum Gasteiger partial charge on any atom is 0.107 e. The number of aliphatic hydroxyl groups excluding tert-OH is 1. The average molecular weight is 351 g/mol. The summed E-state index contributed by atoms with van der Waals surface area (Å²) in [4.78, 5) is 5.54. The van der Waals surface area contributed by atoms with Crippen LogP contribution in [0.2, 0.25) is 0 Å². The predicted octanol–water partition coefficient (Wildman–Crippen LogP) is 4.87. The van der Waals surface area contributed by atoms with E-state index in [1.807, 2.05) is 31.2 Å². The zero-order valence-corrected chi connectivity index (χ0v) is 15.5. The van der Waals surface area contributed by atoms with Crippen LogP contribution >= 0.6 is 0 Å². The maximum absolute atomic E-state index is 9.59. The molecule has 1 saturated carbocycles.